The first kappa shape index (κ1) is 16.6. The molecule has 0 aliphatic heterocycles. The van der Waals surface area contributed by atoms with Crippen LogP contribution in [0.1, 0.15) is 43.4 Å². The van der Waals surface area contributed by atoms with Crippen LogP contribution in [0.15, 0.2) is 42.5 Å². The molecule has 126 valence electrons. The van der Waals surface area contributed by atoms with Crippen LogP contribution in [0, 0.1) is 0 Å². The van der Waals surface area contributed by atoms with Gasteiger partial charge in [0.15, 0.2) is 6.10 Å². The summed E-state index contributed by atoms with van der Waals surface area (Å²) in [5.74, 6) is 0.740. The molecule has 0 saturated heterocycles. The Morgan fingerprint density at radius 2 is 1.88 bits per heavy atom. The fourth-order valence-corrected chi connectivity index (χ4v) is 3.17. The molecule has 0 bridgehead atoms. The summed E-state index contributed by atoms with van der Waals surface area (Å²) in [5, 5.41) is 2.93. The smallest absolute Gasteiger partial charge is 0.265 e. The molecular formula is C21H25NO2. The van der Waals surface area contributed by atoms with Gasteiger partial charge in [0.1, 0.15) is 5.75 Å². The molecule has 24 heavy (non-hydrogen) atoms. The van der Waals surface area contributed by atoms with E-state index in [0.717, 1.165) is 30.7 Å². The highest BCUT2D eigenvalue weighted by Crippen LogP contribution is 2.30. The average molecular weight is 323 g/mol. The predicted octanol–water partition coefficient (Wildman–Crippen LogP) is 4.53. The molecule has 3 nitrogen and oxygen atoms in total. The fraction of sp³-hybridized carbons (Fsp3) is 0.381. The van der Waals surface area contributed by atoms with Gasteiger partial charge in [-0.25, -0.2) is 0 Å². The van der Waals surface area contributed by atoms with Crippen LogP contribution >= 0.6 is 0 Å². The van der Waals surface area contributed by atoms with Gasteiger partial charge in [-0.15, -0.1) is 0 Å². The topological polar surface area (TPSA) is 38.3 Å². The zero-order valence-corrected chi connectivity index (χ0v) is 14.5. The van der Waals surface area contributed by atoms with Crippen molar-refractivity contribution in [2.75, 3.05) is 5.32 Å². The number of benzene rings is 2. The molecule has 0 aromatic heterocycles. The number of hydrogen-bond acceptors (Lipinski definition) is 2. The van der Waals surface area contributed by atoms with Crippen molar-refractivity contribution in [3.05, 3.63) is 59.2 Å². The highest BCUT2D eigenvalue weighted by atomic mass is 16.5. The number of rotatable bonds is 5. The van der Waals surface area contributed by atoms with E-state index in [1.807, 2.05) is 36.4 Å². The lowest BCUT2D eigenvalue weighted by Gasteiger charge is -2.22. The van der Waals surface area contributed by atoms with Crippen LogP contribution in [-0.2, 0) is 24.1 Å². The van der Waals surface area contributed by atoms with Crippen molar-refractivity contribution in [3.63, 3.8) is 0 Å². The fourth-order valence-electron chi connectivity index (χ4n) is 3.17. The van der Waals surface area contributed by atoms with E-state index in [1.165, 1.54) is 29.5 Å². The standard InChI is InChI=1S/C21H25NO2/c1-3-16-11-13-18(14-12-16)22-21(23)15(2)24-20-10-6-8-17-7-4-5-9-19(17)20/h6,8,10-15H,3-5,7,9H2,1-2H3,(H,22,23)/t15-/m1/s1. The maximum absolute atomic E-state index is 12.4. The van der Waals surface area contributed by atoms with Crippen LogP contribution in [0.25, 0.3) is 0 Å². The number of fused-ring (bicyclic) bond motifs is 1. The maximum atomic E-state index is 12.4. The van der Waals surface area contributed by atoms with Gasteiger partial charge < -0.3 is 10.1 Å². The largest absolute Gasteiger partial charge is 0.481 e. The highest BCUT2D eigenvalue weighted by Gasteiger charge is 2.19. The molecule has 1 aliphatic carbocycles. The van der Waals surface area contributed by atoms with Crippen molar-refractivity contribution < 1.29 is 9.53 Å². The van der Waals surface area contributed by atoms with Crippen molar-refractivity contribution in [1.82, 2.24) is 0 Å². The van der Waals surface area contributed by atoms with Gasteiger partial charge in [-0.1, -0.05) is 31.2 Å². The van der Waals surface area contributed by atoms with Crippen LogP contribution in [0.3, 0.4) is 0 Å². The SMILES string of the molecule is CCc1ccc(NC(=O)[C@@H](C)Oc2cccc3c2CCCC3)cc1. The molecule has 2 aromatic carbocycles. The third-order valence-electron chi connectivity index (χ3n) is 4.66. The lowest BCUT2D eigenvalue weighted by atomic mass is 9.91. The van der Waals surface area contributed by atoms with Crippen molar-refractivity contribution in [3.8, 4) is 5.75 Å². The van der Waals surface area contributed by atoms with E-state index in [4.69, 9.17) is 4.74 Å². The molecule has 0 radical (unpaired) electrons. The van der Waals surface area contributed by atoms with Crippen LogP contribution in [0.5, 0.6) is 5.75 Å². The van der Waals surface area contributed by atoms with Crippen LogP contribution < -0.4 is 10.1 Å². The summed E-state index contributed by atoms with van der Waals surface area (Å²) >= 11 is 0. The average Bonchev–Trinajstić information content (AvgIpc) is 2.62. The Labute approximate surface area is 144 Å². The Bertz CT molecular complexity index is 706. The second-order valence-electron chi connectivity index (χ2n) is 6.40. The van der Waals surface area contributed by atoms with Gasteiger partial charge in [0.25, 0.3) is 5.91 Å². The number of carbonyl (C=O) groups is 1. The molecule has 0 fully saturated rings. The molecule has 1 atom stereocenters. The molecule has 2 aromatic rings. The monoisotopic (exact) mass is 323 g/mol. The van der Waals surface area contributed by atoms with E-state index < -0.39 is 6.10 Å². The molecule has 0 saturated carbocycles. The molecule has 3 rings (SSSR count). The Morgan fingerprint density at radius 1 is 1.12 bits per heavy atom. The quantitative estimate of drug-likeness (QED) is 0.877. The van der Waals surface area contributed by atoms with Crippen LogP contribution in [0.2, 0.25) is 0 Å². The van der Waals surface area contributed by atoms with E-state index in [0.29, 0.717) is 0 Å². The summed E-state index contributed by atoms with van der Waals surface area (Å²) in [6, 6.07) is 14.1. The molecule has 0 spiro atoms. The summed E-state index contributed by atoms with van der Waals surface area (Å²) in [4.78, 5) is 12.4. The first-order valence-electron chi connectivity index (χ1n) is 8.84. The number of aryl methyl sites for hydroxylation is 2. The third kappa shape index (κ3) is 3.78. The van der Waals surface area contributed by atoms with Crippen molar-refractivity contribution in [2.45, 2.75) is 52.1 Å². The zero-order valence-electron chi connectivity index (χ0n) is 14.5. The van der Waals surface area contributed by atoms with Gasteiger partial charge in [0, 0.05) is 5.69 Å². The highest BCUT2D eigenvalue weighted by molar-refractivity contribution is 5.94. The lowest BCUT2D eigenvalue weighted by molar-refractivity contribution is -0.122. The van der Waals surface area contributed by atoms with E-state index in [9.17, 15) is 4.79 Å². The maximum Gasteiger partial charge on any atom is 0.265 e. The van der Waals surface area contributed by atoms with E-state index in [1.54, 1.807) is 6.92 Å². The van der Waals surface area contributed by atoms with Crippen LogP contribution in [0.4, 0.5) is 5.69 Å². The molecule has 3 heteroatoms. The second kappa shape index (κ2) is 7.52. The van der Waals surface area contributed by atoms with Gasteiger partial charge in [-0.3, -0.25) is 4.79 Å². The summed E-state index contributed by atoms with van der Waals surface area (Å²) < 4.78 is 5.98. The molecule has 1 N–H and O–H groups in total. The summed E-state index contributed by atoms with van der Waals surface area (Å²) in [7, 11) is 0. The van der Waals surface area contributed by atoms with Crippen molar-refractivity contribution >= 4 is 11.6 Å². The Balaban J connectivity index is 1.66. The number of anilines is 1. The minimum absolute atomic E-state index is 0.118. The summed E-state index contributed by atoms with van der Waals surface area (Å²) in [6.07, 6.45) is 5.05. The molecule has 0 unspecified atom stereocenters. The molecular weight excluding hydrogens is 298 g/mol. The van der Waals surface area contributed by atoms with E-state index in [2.05, 4.69) is 18.3 Å². The normalized spacial score (nSPS) is 14.6. The number of amides is 1. The zero-order chi connectivity index (χ0) is 16.9. The third-order valence-corrected chi connectivity index (χ3v) is 4.66. The summed E-state index contributed by atoms with van der Waals surface area (Å²) in [5.41, 5.74) is 4.70. The van der Waals surface area contributed by atoms with Gasteiger partial charge in [-0.2, -0.15) is 0 Å². The number of nitrogens with one attached hydrogen (secondary N) is 1. The number of ether oxygens (including phenoxy) is 1. The van der Waals surface area contributed by atoms with Gasteiger partial charge in [0.05, 0.1) is 0 Å². The number of hydrogen-bond donors (Lipinski definition) is 1. The molecule has 0 heterocycles. The van der Waals surface area contributed by atoms with Gasteiger partial charge in [0.2, 0.25) is 0 Å². The van der Waals surface area contributed by atoms with E-state index >= 15 is 0 Å². The van der Waals surface area contributed by atoms with Gasteiger partial charge in [-0.05, 0) is 73.9 Å². The first-order chi connectivity index (χ1) is 11.7. The van der Waals surface area contributed by atoms with Gasteiger partial charge >= 0.3 is 0 Å². The van der Waals surface area contributed by atoms with Crippen LogP contribution in [-0.4, -0.2) is 12.0 Å². The minimum atomic E-state index is -0.524. The predicted molar refractivity (Wildman–Crippen MR) is 97.6 cm³/mol. The van der Waals surface area contributed by atoms with Crippen molar-refractivity contribution in [1.29, 1.82) is 0 Å². The Kier molecular flexibility index (Phi) is 5.19. The number of carbonyl (C=O) groups excluding carboxylic acids is 1. The summed E-state index contributed by atoms with van der Waals surface area (Å²) in [6.45, 7) is 3.92. The Morgan fingerprint density at radius 3 is 2.62 bits per heavy atom. The lowest BCUT2D eigenvalue weighted by Crippen LogP contribution is -2.30. The van der Waals surface area contributed by atoms with Crippen molar-refractivity contribution in [2.24, 2.45) is 0 Å². The molecule has 1 aliphatic rings. The second-order valence-corrected chi connectivity index (χ2v) is 6.40. The van der Waals surface area contributed by atoms with E-state index in [-0.39, 0.29) is 5.91 Å². The Hall–Kier alpha value is -2.29. The first-order valence-corrected chi connectivity index (χ1v) is 8.84. The molecule has 1 amide bonds. The minimum Gasteiger partial charge on any atom is -0.481 e.